The maximum atomic E-state index is 11.9. The van der Waals surface area contributed by atoms with Crippen molar-refractivity contribution in [2.24, 2.45) is 11.7 Å². The summed E-state index contributed by atoms with van der Waals surface area (Å²) in [5.41, 5.74) is 6.03. The number of nitrogens with zero attached hydrogens (tertiary/aromatic N) is 1. The van der Waals surface area contributed by atoms with Gasteiger partial charge >= 0.3 is 0 Å². The van der Waals surface area contributed by atoms with E-state index in [1.54, 1.807) is 0 Å². The molecule has 2 fully saturated rings. The fourth-order valence-corrected chi connectivity index (χ4v) is 2.86. The molecule has 0 aromatic heterocycles. The molecule has 0 aromatic rings. The summed E-state index contributed by atoms with van der Waals surface area (Å²) < 4.78 is 0. The molecule has 2 rings (SSSR count). The van der Waals surface area contributed by atoms with E-state index in [0.717, 1.165) is 32.4 Å². The maximum absolute atomic E-state index is 11.9. The van der Waals surface area contributed by atoms with Gasteiger partial charge in [0, 0.05) is 18.6 Å². The third-order valence-electron chi connectivity index (χ3n) is 4.19. The summed E-state index contributed by atoms with van der Waals surface area (Å²) in [5, 5.41) is 3.13. The van der Waals surface area contributed by atoms with Gasteiger partial charge in [-0.25, -0.2) is 0 Å². The molecule has 2 unspecified atom stereocenters. The minimum absolute atomic E-state index is 0.179. The van der Waals surface area contributed by atoms with Crippen molar-refractivity contribution in [1.29, 1.82) is 0 Å². The summed E-state index contributed by atoms with van der Waals surface area (Å²) in [7, 11) is 0. The molecular formula is C13H25N3O. The SMILES string of the molecule is CC1CCN(CC(=O)NC2CCCC2)CC1N. The van der Waals surface area contributed by atoms with Crippen LogP contribution in [-0.2, 0) is 4.79 Å². The second-order valence-electron chi connectivity index (χ2n) is 5.71. The van der Waals surface area contributed by atoms with Crippen molar-refractivity contribution in [2.75, 3.05) is 19.6 Å². The van der Waals surface area contributed by atoms with Crippen molar-refractivity contribution >= 4 is 5.91 Å². The van der Waals surface area contributed by atoms with Gasteiger partial charge in [0.15, 0.2) is 0 Å². The summed E-state index contributed by atoms with van der Waals surface area (Å²) in [6, 6.07) is 0.655. The molecular weight excluding hydrogens is 214 g/mol. The molecule has 0 radical (unpaired) electrons. The van der Waals surface area contributed by atoms with Crippen LogP contribution in [0.25, 0.3) is 0 Å². The first-order valence-corrected chi connectivity index (χ1v) is 6.92. The summed E-state index contributed by atoms with van der Waals surface area (Å²) in [4.78, 5) is 14.1. The Morgan fingerprint density at radius 3 is 2.71 bits per heavy atom. The Morgan fingerprint density at radius 1 is 1.35 bits per heavy atom. The maximum Gasteiger partial charge on any atom is 0.234 e. The normalized spacial score (nSPS) is 31.6. The first-order valence-electron chi connectivity index (χ1n) is 6.92. The first-order chi connectivity index (χ1) is 8.15. The molecule has 4 nitrogen and oxygen atoms in total. The van der Waals surface area contributed by atoms with Gasteiger partial charge < -0.3 is 11.1 Å². The van der Waals surface area contributed by atoms with Gasteiger partial charge in [0.05, 0.1) is 6.54 Å². The third-order valence-corrected chi connectivity index (χ3v) is 4.19. The highest BCUT2D eigenvalue weighted by atomic mass is 16.2. The molecule has 1 heterocycles. The number of nitrogens with two attached hydrogens (primary N) is 1. The molecule has 3 N–H and O–H groups in total. The van der Waals surface area contributed by atoms with E-state index in [0.29, 0.717) is 18.5 Å². The number of hydrogen-bond donors (Lipinski definition) is 2. The van der Waals surface area contributed by atoms with E-state index in [1.807, 2.05) is 0 Å². The van der Waals surface area contributed by atoms with Gasteiger partial charge in [-0.05, 0) is 31.7 Å². The largest absolute Gasteiger partial charge is 0.352 e. The Morgan fingerprint density at radius 2 is 2.06 bits per heavy atom. The van der Waals surface area contributed by atoms with Crippen LogP contribution in [0.2, 0.25) is 0 Å². The molecule has 2 atom stereocenters. The predicted molar refractivity (Wildman–Crippen MR) is 68.6 cm³/mol. The predicted octanol–water partition coefficient (Wildman–Crippen LogP) is 0.714. The van der Waals surface area contributed by atoms with E-state index in [1.165, 1.54) is 12.8 Å². The van der Waals surface area contributed by atoms with Crippen LogP contribution < -0.4 is 11.1 Å². The molecule has 0 spiro atoms. The van der Waals surface area contributed by atoms with Gasteiger partial charge in [-0.3, -0.25) is 9.69 Å². The van der Waals surface area contributed by atoms with Crippen molar-refractivity contribution < 1.29 is 4.79 Å². The molecule has 0 bridgehead atoms. The number of likely N-dealkylation sites (tertiary alicyclic amines) is 1. The fourth-order valence-electron chi connectivity index (χ4n) is 2.86. The summed E-state index contributed by atoms with van der Waals surface area (Å²) in [6.45, 7) is 4.59. The highest BCUT2D eigenvalue weighted by Crippen LogP contribution is 2.18. The fraction of sp³-hybridized carbons (Fsp3) is 0.923. The zero-order chi connectivity index (χ0) is 12.3. The lowest BCUT2D eigenvalue weighted by atomic mass is 9.94. The van der Waals surface area contributed by atoms with Crippen molar-refractivity contribution in [3.05, 3.63) is 0 Å². The van der Waals surface area contributed by atoms with Gasteiger partial charge in [-0.2, -0.15) is 0 Å². The quantitative estimate of drug-likeness (QED) is 0.763. The number of carbonyl (C=O) groups is 1. The van der Waals surface area contributed by atoms with Gasteiger partial charge in [-0.15, -0.1) is 0 Å². The molecule has 2 aliphatic rings. The number of piperidine rings is 1. The van der Waals surface area contributed by atoms with E-state index in [9.17, 15) is 4.79 Å². The van der Waals surface area contributed by atoms with Gasteiger partial charge in [0.25, 0.3) is 0 Å². The lowest BCUT2D eigenvalue weighted by molar-refractivity contribution is -0.123. The number of nitrogens with one attached hydrogen (secondary N) is 1. The molecule has 1 saturated carbocycles. The minimum Gasteiger partial charge on any atom is -0.352 e. The number of carbonyl (C=O) groups excluding carboxylic acids is 1. The molecule has 1 aliphatic heterocycles. The molecule has 4 heteroatoms. The average molecular weight is 239 g/mol. The highest BCUT2D eigenvalue weighted by Gasteiger charge is 2.25. The topological polar surface area (TPSA) is 58.4 Å². The van der Waals surface area contributed by atoms with E-state index in [4.69, 9.17) is 5.73 Å². The van der Waals surface area contributed by atoms with E-state index in [2.05, 4.69) is 17.1 Å². The van der Waals surface area contributed by atoms with Gasteiger partial charge in [-0.1, -0.05) is 19.8 Å². The molecule has 1 amide bonds. The number of hydrogen-bond acceptors (Lipinski definition) is 3. The highest BCUT2D eigenvalue weighted by molar-refractivity contribution is 5.78. The zero-order valence-electron chi connectivity index (χ0n) is 10.8. The third kappa shape index (κ3) is 3.68. The molecule has 0 aromatic carbocycles. The second kappa shape index (κ2) is 5.83. The van der Waals surface area contributed by atoms with Crippen LogP contribution in [0.5, 0.6) is 0 Å². The van der Waals surface area contributed by atoms with Crippen LogP contribution in [-0.4, -0.2) is 42.5 Å². The van der Waals surface area contributed by atoms with Gasteiger partial charge in [0.1, 0.15) is 0 Å². The Hall–Kier alpha value is -0.610. The first kappa shape index (κ1) is 12.8. The lowest BCUT2D eigenvalue weighted by Crippen LogP contribution is -2.51. The lowest BCUT2D eigenvalue weighted by Gasteiger charge is -2.34. The van der Waals surface area contributed by atoms with Crippen molar-refractivity contribution in [2.45, 2.75) is 51.1 Å². The van der Waals surface area contributed by atoms with Crippen LogP contribution in [0.1, 0.15) is 39.0 Å². The van der Waals surface area contributed by atoms with Crippen LogP contribution in [0.15, 0.2) is 0 Å². The van der Waals surface area contributed by atoms with E-state index < -0.39 is 0 Å². The summed E-state index contributed by atoms with van der Waals surface area (Å²) in [5.74, 6) is 0.766. The molecule has 1 aliphatic carbocycles. The van der Waals surface area contributed by atoms with Crippen LogP contribution >= 0.6 is 0 Å². The Labute approximate surface area is 104 Å². The smallest absolute Gasteiger partial charge is 0.234 e. The molecule has 1 saturated heterocycles. The Balaban J connectivity index is 1.71. The molecule has 17 heavy (non-hydrogen) atoms. The minimum atomic E-state index is 0.179. The van der Waals surface area contributed by atoms with Crippen LogP contribution in [0.3, 0.4) is 0 Å². The van der Waals surface area contributed by atoms with Crippen molar-refractivity contribution in [3.8, 4) is 0 Å². The average Bonchev–Trinajstić information content (AvgIpc) is 2.76. The van der Waals surface area contributed by atoms with Crippen LogP contribution in [0, 0.1) is 5.92 Å². The number of rotatable bonds is 3. The van der Waals surface area contributed by atoms with Crippen LogP contribution in [0.4, 0.5) is 0 Å². The Kier molecular flexibility index (Phi) is 4.40. The second-order valence-corrected chi connectivity index (χ2v) is 5.71. The van der Waals surface area contributed by atoms with Crippen molar-refractivity contribution in [3.63, 3.8) is 0 Å². The van der Waals surface area contributed by atoms with E-state index >= 15 is 0 Å². The van der Waals surface area contributed by atoms with Crippen molar-refractivity contribution in [1.82, 2.24) is 10.2 Å². The Bertz CT molecular complexity index is 263. The zero-order valence-corrected chi connectivity index (χ0v) is 10.8. The van der Waals surface area contributed by atoms with Gasteiger partial charge in [0.2, 0.25) is 5.91 Å². The standard InChI is InChI=1S/C13H25N3O/c1-10-6-7-16(8-12(10)14)9-13(17)15-11-4-2-3-5-11/h10-12H,2-9,14H2,1H3,(H,15,17). The monoisotopic (exact) mass is 239 g/mol. The molecule has 98 valence electrons. The van der Waals surface area contributed by atoms with E-state index in [-0.39, 0.29) is 11.9 Å². The summed E-state index contributed by atoms with van der Waals surface area (Å²) >= 11 is 0. The number of amides is 1. The summed E-state index contributed by atoms with van der Waals surface area (Å²) in [6.07, 6.45) is 5.94.